The van der Waals surface area contributed by atoms with Gasteiger partial charge in [-0.15, -0.1) is 0 Å². The van der Waals surface area contributed by atoms with Crippen molar-refractivity contribution in [1.82, 2.24) is 9.69 Å². The highest BCUT2D eigenvalue weighted by atomic mass is 32.1. The molecule has 106 valence electrons. The van der Waals surface area contributed by atoms with Crippen molar-refractivity contribution in [2.45, 2.75) is 50.3 Å². The first-order valence-corrected chi connectivity index (χ1v) is 8.02. The van der Waals surface area contributed by atoms with Crippen molar-refractivity contribution in [3.8, 4) is 5.75 Å². The van der Waals surface area contributed by atoms with Crippen LogP contribution in [0.15, 0.2) is 18.3 Å². The molecule has 1 aromatic heterocycles. The van der Waals surface area contributed by atoms with Crippen LogP contribution in [0.3, 0.4) is 0 Å². The molecule has 0 saturated carbocycles. The Morgan fingerprint density at radius 3 is 2.85 bits per heavy atom. The topological polar surface area (TPSA) is 34.1 Å². The quantitative estimate of drug-likeness (QED) is 0.920. The van der Waals surface area contributed by atoms with Gasteiger partial charge in [-0.2, -0.15) is 4.37 Å². The number of fused-ring (bicyclic) bond motifs is 3. The van der Waals surface area contributed by atoms with Crippen molar-refractivity contribution < 1.29 is 9.13 Å². The van der Waals surface area contributed by atoms with E-state index in [-0.39, 0.29) is 11.9 Å². The van der Waals surface area contributed by atoms with Gasteiger partial charge in [0, 0.05) is 12.1 Å². The number of hydrogen-bond donors (Lipinski definition) is 1. The van der Waals surface area contributed by atoms with Crippen LogP contribution in [0, 0.1) is 5.82 Å². The summed E-state index contributed by atoms with van der Waals surface area (Å²) >= 11 is 1.19. The summed E-state index contributed by atoms with van der Waals surface area (Å²) in [4.78, 5) is 0. The van der Waals surface area contributed by atoms with E-state index < -0.39 is 0 Å². The van der Waals surface area contributed by atoms with E-state index in [0.29, 0.717) is 16.8 Å². The molecule has 2 aliphatic heterocycles. The first-order chi connectivity index (χ1) is 9.79. The van der Waals surface area contributed by atoms with Gasteiger partial charge in [0.25, 0.3) is 0 Å². The summed E-state index contributed by atoms with van der Waals surface area (Å²) in [5, 5.41) is 4.46. The van der Waals surface area contributed by atoms with Crippen LogP contribution in [0.4, 0.5) is 4.39 Å². The number of piperidine rings is 2. The van der Waals surface area contributed by atoms with Crippen molar-refractivity contribution in [1.29, 1.82) is 0 Å². The van der Waals surface area contributed by atoms with Crippen LogP contribution in [0.2, 0.25) is 0 Å². The Morgan fingerprint density at radius 1 is 1.25 bits per heavy atom. The Balaban J connectivity index is 1.58. The average molecular weight is 292 g/mol. The molecule has 3 nitrogen and oxygen atoms in total. The maximum atomic E-state index is 13.7. The van der Waals surface area contributed by atoms with Crippen molar-refractivity contribution in [2.24, 2.45) is 0 Å². The van der Waals surface area contributed by atoms with Crippen LogP contribution in [0.25, 0.3) is 10.1 Å². The molecule has 2 bridgehead atoms. The van der Waals surface area contributed by atoms with E-state index in [0.717, 1.165) is 24.0 Å². The number of nitrogens with zero attached hydrogens (tertiary/aromatic N) is 1. The molecule has 4 rings (SSSR count). The molecule has 1 unspecified atom stereocenters. The van der Waals surface area contributed by atoms with Crippen LogP contribution in [0.5, 0.6) is 5.75 Å². The molecular formula is C15H17FN2OS. The van der Waals surface area contributed by atoms with E-state index in [4.69, 9.17) is 4.74 Å². The Morgan fingerprint density at radius 2 is 2.05 bits per heavy atom. The Bertz CT molecular complexity index is 617. The summed E-state index contributed by atoms with van der Waals surface area (Å²) in [6, 6.07) is 4.40. The molecule has 2 fully saturated rings. The highest BCUT2D eigenvalue weighted by Gasteiger charge is 2.32. The third-order valence-corrected chi connectivity index (χ3v) is 5.21. The van der Waals surface area contributed by atoms with Gasteiger partial charge in [0.05, 0.1) is 16.3 Å². The van der Waals surface area contributed by atoms with Crippen molar-refractivity contribution in [3.63, 3.8) is 0 Å². The van der Waals surface area contributed by atoms with Gasteiger partial charge in [0.2, 0.25) is 0 Å². The van der Waals surface area contributed by atoms with Crippen LogP contribution in [0.1, 0.15) is 32.1 Å². The average Bonchev–Trinajstić information content (AvgIpc) is 2.92. The molecule has 2 aromatic rings. The number of nitrogens with one attached hydrogen (secondary N) is 1. The molecule has 3 atom stereocenters. The minimum atomic E-state index is -0.211. The predicted molar refractivity (Wildman–Crippen MR) is 77.8 cm³/mol. The number of halogens is 1. The maximum absolute atomic E-state index is 13.7. The zero-order valence-corrected chi connectivity index (χ0v) is 12.0. The Labute approximate surface area is 121 Å². The van der Waals surface area contributed by atoms with Crippen molar-refractivity contribution in [2.75, 3.05) is 0 Å². The van der Waals surface area contributed by atoms with Gasteiger partial charge < -0.3 is 10.1 Å². The second kappa shape index (κ2) is 4.97. The molecule has 0 spiro atoms. The van der Waals surface area contributed by atoms with E-state index >= 15 is 0 Å². The summed E-state index contributed by atoms with van der Waals surface area (Å²) < 4.78 is 24.5. The SMILES string of the molecule is Fc1ccc(OC2C[C@H]3CCC[C@@H](C2)N3)c2cnsc12. The second-order valence-corrected chi connectivity index (χ2v) is 6.62. The molecule has 3 heterocycles. The molecule has 5 heteroatoms. The highest BCUT2D eigenvalue weighted by molar-refractivity contribution is 7.13. The van der Waals surface area contributed by atoms with Gasteiger partial charge in [-0.05, 0) is 49.3 Å². The lowest BCUT2D eigenvalue weighted by molar-refractivity contribution is 0.0939. The standard InChI is InChI=1S/C15H17FN2OS/c16-13-4-5-14(12-8-17-20-15(12)13)19-11-6-9-2-1-3-10(7-11)18-9/h4-5,8-11,18H,1-3,6-7H2/t9-,10+,11?. The molecule has 1 aromatic carbocycles. The van der Waals surface area contributed by atoms with E-state index in [9.17, 15) is 4.39 Å². The zero-order valence-electron chi connectivity index (χ0n) is 11.1. The predicted octanol–water partition coefficient (Wildman–Crippen LogP) is 3.49. The molecule has 1 N–H and O–H groups in total. The molecule has 20 heavy (non-hydrogen) atoms. The van der Waals surface area contributed by atoms with Crippen LogP contribution in [-0.4, -0.2) is 22.6 Å². The van der Waals surface area contributed by atoms with Gasteiger partial charge in [0.1, 0.15) is 17.7 Å². The van der Waals surface area contributed by atoms with Gasteiger partial charge in [-0.1, -0.05) is 6.42 Å². The van der Waals surface area contributed by atoms with E-state index in [2.05, 4.69) is 9.69 Å². The van der Waals surface area contributed by atoms with E-state index in [1.165, 1.54) is 36.9 Å². The van der Waals surface area contributed by atoms with Crippen LogP contribution >= 0.6 is 11.5 Å². The number of hydrogen-bond acceptors (Lipinski definition) is 4. The van der Waals surface area contributed by atoms with Gasteiger partial charge in [0.15, 0.2) is 0 Å². The van der Waals surface area contributed by atoms with Gasteiger partial charge >= 0.3 is 0 Å². The highest BCUT2D eigenvalue weighted by Crippen LogP contribution is 2.34. The largest absolute Gasteiger partial charge is 0.490 e. The normalized spacial score (nSPS) is 29.6. The summed E-state index contributed by atoms with van der Waals surface area (Å²) in [6.07, 6.45) is 7.86. The smallest absolute Gasteiger partial charge is 0.142 e. The first kappa shape index (κ1) is 12.5. The fraction of sp³-hybridized carbons (Fsp3) is 0.533. The maximum Gasteiger partial charge on any atom is 0.142 e. The Kier molecular flexibility index (Phi) is 3.11. The Hall–Kier alpha value is -1.20. The minimum absolute atomic E-state index is 0.211. The lowest BCUT2D eigenvalue weighted by atomic mass is 9.85. The molecule has 2 saturated heterocycles. The fourth-order valence-electron chi connectivity index (χ4n) is 3.49. The number of ether oxygens (including phenoxy) is 1. The van der Waals surface area contributed by atoms with Gasteiger partial charge in [-0.25, -0.2) is 4.39 Å². The third kappa shape index (κ3) is 2.19. The second-order valence-electron chi connectivity index (χ2n) is 5.82. The first-order valence-electron chi connectivity index (χ1n) is 7.25. The summed E-state index contributed by atoms with van der Waals surface area (Å²) in [7, 11) is 0. The van der Waals surface area contributed by atoms with E-state index in [1.807, 2.05) is 0 Å². The summed E-state index contributed by atoms with van der Waals surface area (Å²) in [5.74, 6) is 0.567. The van der Waals surface area contributed by atoms with Crippen molar-refractivity contribution in [3.05, 3.63) is 24.1 Å². The summed E-state index contributed by atoms with van der Waals surface area (Å²) in [5.41, 5.74) is 0. The van der Waals surface area contributed by atoms with Crippen LogP contribution in [-0.2, 0) is 0 Å². The monoisotopic (exact) mass is 292 g/mol. The van der Waals surface area contributed by atoms with E-state index in [1.54, 1.807) is 12.3 Å². The molecular weight excluding hydrogens is 275 g/mol. The molecule has 0 aliphatic carbocycles. The zero-order chi connectivity index (χ0) is 13.5. The molecule has 0 radical (unpaired) electrons. The lowest BCUT2D eigenvalue weighted by Gasteiger charge is -2.40. The number of benzene rings is 1. The number of aromatic nitrogens is 1. The third-order valence-electron chi connectivity index (χ3n) is 4.40. The van der Waals surface area contributed by atoms with Gasteiger partial charge in [-0.3, -0.25) is 0 Å². The minimum Gasteiger partial charge on any atom is -0.490 e. The lowest BCUT2D eigenvalue weighted by Crippen LogP contribution is -2.51. The number of rotatable bonds is 2. The summed E-state index contributed by atoms with van der Waals surface area (Å²) in [6.45, 7) is 0. The molecule has 2 aliphatic rings. The molecule has 0 amide bonds. The van der Waals surface area contributed by atoms with Crippen molar-refractivity contribution >= 4 is 21.6 Å². The fourth-order valence-corrected chi connectivity index (χ4v) is 4.16. The van der Waals surface area contributed by atoms with Crippen LogP contribution < -0.4 is 10.1 Å².